The number of benzene rings is 15. The highest BCUT2D eigenvalue weighted by atomic mass is 15.2. The fourth-order valence-electron chi connectivity index (χ4n) is 15.9. The van der Waals surface area contributed by atoms with Crippen LogP contribution >= 0.6 is 0 Å². The molecule has 0 N–H and O–H groups in total. The molecular formula is C93H64N2. The number of rotatable bonds is 11. The summed E-state index contributed by atoms with van der Waals surface area (Å²) in [5.74, 6) is -0.356. The van der Waals surface area contributed by atoms with E-state index in [0.717, 1.165) is 96.2 Å². The number of hydrogen-bond acceptors (Lipinski definition) is 2. The third-order valence-electron chi connectivity index (χ3n) is 20.0. The SMILES string of the molecule is c1ccc(-c2ccccc2-c2ccc3c(c2)C2c4cc(-c5ccccc5-c5ccccc5)ccc4N(c4c(-c5ccccc5)cccc4-c4ccccc4)c4cc(C5c6ccccc6Cc6ccccc65)cc(c42)N3c2c(-c3ccccc3)cccc2-c2ccccc2)cc1. The van der Waals surface area contributed by atoms with Crippen LogP contribution in [0.25, 0.3) is 89.0 Å². The van der Waals surface area contributed by atoms with Gasteiger partial charge in [-0.05, 0) is 149 Å². The average Bonchev–Trinajstić information content (AvgIpc) is 0.691. The summed E-state index contributed by atoms with van der Waals surface area (Å²) in [5.41, 5.74) is 35.8. The van der Waals surface area contributed by atoms with Gasteiger partial charge in [-0.15, -0.1) is 0 Å². The van der Waals surface area contributed by atoms with Crippen LogP contribution in [0.3, 0.4) is 0 Å². The number of hydrogen-bond donors (Lipinski definition) is 0. The fourth-order valence-corrected chi connectivity index (χ4v) is 15.9. The van der Waals surface area contributed by atoms with Crippen molar-refractivity contribution < 1.29 is 0 Å². The fraction of sp³-hybridized carbons (Fsp3) is 0.0323. The molecule has 0 amide bonds. The van der Waals surface area contributed by atoms with Crippen LogP contribution in [0.15, 0.2) is 364 Å². The molecule has 0 atom stereocenters. The molecule has 0 aromatic heterocycles. The topological polar surface area (TPSA) is 6.48 Å². The molecule has 2 heteroatoms. The van der Waals surface area contributed by atoms with E-state index in [1.807, 2.05) is 0 Å². The Kier molecular flexibility index (Phi) is 13.8. The van der Waals surface area contributed by atoms with Gasteiger partial charge < -0.3 is 9.80 Å². The first-order valence-electron chi connectivity index (χ1n) is 33.2. The zero-order valence-corrected chi connectivity index (χ0v) is 52.4. The Labute approximate surface area is 556 Å². The zero-order valence-electron chi connectivity index (χ0n) is 52.4. The highest BCUT2D eigenvalue weighted by molar-refractivity contribution is 6.07. The van der Waals surface area contributed by atoms with E-state index in [9.17, 15) is 0 Å². The van der Waals surface area contributed by atoms with Crippen molar-refractivity contribution in [3.63, 3.8) is 0 Å². The van der Waals surface area contributed by atoms with E-state index in [1.165, 1.54) is 77.9 Å². The molecule has 0 unspecified atom stereocenters. The molecule has 2 nitrogen and oxygen atoms in total. The van der Waals surface area contributed by atoms with Crippen molar-refractivity contribution in [3.05, 3.63) is 408 Å². The van der Waals surface area contributed by atoms with Crippen LogP contribution in [0.4, 0.5) is 34.1 Å². The van der Waals surface area contributed by atoms with Gasteiger partial charge in [-0.2, -0.15) is 0 Å². The summed E-state index contributed by atoms with van der Waals surface area (Å²) in [4.78, 5) is 5.40. The van der Waals surface area contributed by atoms with E-state index in [-0.39, 0.29) is 11.8 Å². The smallest absolute Gasteiger partial charge is 0.0618 e. The number of para-hydroxylation sites is 2. The van der Waals surface area contributed by atoms with E-state index < -0.39 is 0 Å². The van der Waals surface area contributed by atoms with Gasteiger partial charge in [0.05, 0.1) is 34.1 Å². The second-order valence-electron chi connectivity index (χ2n) is 25.3. The van der Waals surface area contributed by atoms with Crippen molar-refractivity contribution in [2.24, 2.45) is 0 Å². The van der Waals surface area contributed by atoms with Gasteiger partial charge in [0.2, 0.25) is 0 Å². The van der Waals surface area contributed by atoms with Crippen LogP contribution < -0.4 is 9.80 Å². The monoisotopic (exact) mass is 1210 g/mol. The van der Waals surface area contributed by atoms with E-state index >= 15 is 0 Å². The molecule has 15 aromatic carbocycles. The van der Waals surface area contributed by atoms with Gasteiger partial charge in [0.1, 0.15) is 0 Å². The number of anilines is 6. The van der Waals surface area contributed by atoms with E-state index in [1.54, 1.807) is 0 Å². The van der Waals surface area contributed by atoms with Gasteiger partial charge >= 0.3 is 0 Å². The second-order valence-corrected chi connectivity index (χ2v) is 25.3. The molecule has 0 radical (unpaired) electrons. The number of nitrogens with zero attached hydrogens (tertiary/aromatic N) is 2. The first-order valence-corrected chi connectivity index (χ1v) is 33.2. The minimum absolute atomic E-state index is 0.0905. The van der Waals surface area contributed by atoms with Crippen molar-refractivity contribution >= 4 is 34.1 Å². The maximum absolute atomic E-state index is 2.70. The molecule has 0 fully saturated rings. The molecular weight excluding hydrogens is 1150 g/mol. The molecule has 15 aromatic rings. The van der Waals surface area contributed by atoms with Crippen molar-refractivity contribution in [3.8, 4) is 89.0 Å². The third-order valence-corrected chi connectivity index (χ3v) is 20.0. The first kappa shape index (κ1) is 55.7. The summed E-state index contributed by atoms with van der Waals surface area (Å²) >= 11 is 0. The molecule has 446 valence electrons. The highest BCUT2D eigenvalue weighted by Crippen LogP contribution is 2.65. The lowest BCUT2D eigenvalue weighted by atomic mass is 9.71. The van der Waals surface area contributed by atoms with Crippen LogP contribution in [0.5, 0.6) is 0 Å². The second kappa shape index (κ2) is 23.5. The molecule has 1 aliphatic carbocycles. The molecule has 2 heterocycles. The van der Waals surface area contributed by atoms with Crippen molar-refractivity contribution in [2.75, 3.05) is 9.80 Å². The molecule has 18 rings (SSSR count). The van der Waals surface area contributed by atoms with Gasteiger partial charge in [0.15, 0.2) is 0 Å². The zero-order chi connectivity index (χ0) is 62.8. The first-order chi connectivity index (χ1) is 47.2. The number of fused-ring (bicyclic) bond motifs is 6. The van der Waals surface area contributed by atoms with E-state index in [2.05, 4.69) is 374 Å². The summed E-state index contributed by atoms with van der Waals surface area (Å²) in [6.07, 6.45) is 0.878. The Bertz CT molecular complexity index is 4940. The Morgan fingerprint density at radius 3 is 0.832 bits per heavy atom. The Morgan fingerprint density at radius 1 is 0.200 bits per heavy atom. The maximum atomic E-state index is 2.70. The third kappa shape index (κ3) is 9.56. The summed E-state index contributed by atoms with van der Waals surface area (Å²) in [6.45, 7) is 0. The van der Waals surface area contributed by atoms with Crippen molar-refractivity contribution in [1.29, 1.82) is 0 Å². The van der Waals surface area contributed by atoms with Gasteiger partial charge in [0.25, 0.3) is 0 Å². The average molecular weight is 1210 g/mol. The maximum Gasteiger partial charge on any atom is 0.0618 e. The molecule has 0 saturated heterocycles. The normalized spacial score (nSPS) is 12.9. The van der Waals surface area contributed by atoms with Crippen molar-refractivity contribution in [2.45, 2.75) is 18.3 Å². The molecule has 95 heavy (non-hydrogen) atoms. The molecule has 0 bridgehead atoms. The van der Waals surface area contributed by atoms with Crippen LogP contribution in [0.1, 0.15) is 56.3 Å². The molecule has 3 aliphatic rings. The minimum Gasteiger partial charge on any atom is -0.309 e. The van der Waals surface area contributed by atoms with Crippen molar-refractivity contribution in [1.82, 2.24) is 0 Å². The van der Waals surface area contributed by atoms with Crippen LogP contribution in [-0.4, -0.2) is 0 Å². The van der Waals surface area contributed by atoms with Gasteiger partial charge in [0, 0.05) is 39.7 Å². The summed E-state index contributed by atoms with van der Waals surface area (Å²) in [6, 6.07) is 136. The molecule has 2 aliphatic heterocycles. The largest absolute Gasteiger partial charge is 0.309 e. The van der Waals surface area contributed by atoms with Gasteiger partial charge in [-0.3, -0.25) is 0 Å². The standard InChI is InChI=1S/C93H64N2/c1-7-29-62(30-8-1)73-43-23-25-45-75(73)70-53-55-85-83(58-70)90-84-59-71(76-46-26-24-44-74(76)63-31-9-2-10-32-63)54-56-86(84)95(93-81(66-37-15-5-16-38-66)51-28-52-82(93)67-39-17-6-18-40-67)88-61-72(89-77-47-21-19-41-68(77)57-69-42-20-22-48-78(69)89)60-87(91(88)90)94(85)92-79(64-33-11-3-12-34-64)49-27-50-80(92)65-35-13-4-14-36-65/h1-56,58-61,89-90H,57H2. The lowest BCUT2D eigenvalue weighted by Crippen LogP contribution is -2.31. The summed E-state index contributed by atoms with van der Waals surface area (Å²) in [7, 11) is 0. The Balaban J connectivity index is 1.03. The Morgan fingerprint density at radius 2 is 0.484 bits per heavy atom. The minimum atomic E-state index is -0.265. The summed E-state index contributed by atoms with van der Waals surface area (Å²) < 4.78 is 0. The molecule has 0 spiro atoms. The summed E-state index contributed by atoms with van der Waals surface area (Å²) in [5, 5.41) is 0. The van der Waals surface area contributed by atoms with E-state index in [4.69, 9.17) is 0 Å². The highest BCUT2D eigenvalue weighted by Gasteiger charge is 2.45. The van der Waals surface area contributed by atoms with Crippen LogP contribution in [-0.2, 0) is 6.42 Å². The van der Waals surface area contributed by atoms with Crippen LogP contribution in [0.2, 0.25) is 0 Å². The Hall–Kier alpha value is -12.1. The van der Waals surface area contributed by atoms with Gasteiger partial charge in [-0.25, -0.2) is 0 Å². The van der Waals surface area contributed by atoms with E-state index in [0.29, 0.717) is 0 Å². The molecule has 0 saturated carbocycles. The van der Waals surface area contributed by atoms with Gasteiger partial charge in [-0.1, -0.05) is 328 Å². The lowest BCUT2D eigenvalue weighted by Gasteiger charge is -2.47. The van der Waals surface area contributed by atoms with Crippen LogP contribution in [0, 0.1) is 0 Å². The predicted molar refractivity (Wildman–Crippen MR) is 397 cm³/mol. The lowest BCUT2D eigenvalue weighted by molar-refractivity contribution is 0.870. The predicted octanol–water partition coefficient (Wildman–Crippen LogP) is 24.9. The quantitative estimate of drug-likeness (QED) is 0.127.